The number of nitrogens with zero attached hydrogens (tertiary/aromatic N) is 5. The van der Waals surface area contributed by atoms with Crippen molar-refractivity contribution in [3.05, 3.63) is 42.4 Å². The van der Waals surface area contributed by atoms with Crippen LogP contribution in [0.1, 0.15) is 23.2 Å². The SMILES string of the molecule is COC(=O)c1cnc(NC(=O)C2CC2)c2[nH]c(-c3cccc(-c4ncn(C)n4)n3)cc12. The summed E-state index contributed by atoms with van der Waals surface area (Å²) in [6.45, 7) is 0. The molecule has 10 heteroatoms. The average Bonchev–Trinajstić information content (AvgIpc) is 3.39. The van der Waals surface area contributed by atoms with E-state index in [1.165, 1.54) is 13.3 Å². The van der Waals surface area contributed by atoms with E-state index < -0.39 is 5.97 Å². The van der Waals surface area contributed by atoms with Gasteiger partial charge in [0.15, 0.2) is 11.6 Å². The maximum atomic E-state index is 12.3. The van der Waals surface area contributed by atoms with E-state index in [0.717, 1.165) is 12.8 Å². The van der Waals surface area contributed by atoms with E-state index in [-0.39, 0.29) is 11.8 Å². The molecule has 10 nitrogen and oxygen atoms in total. The lowest BCUT2D eigenvalue weighted by atomic mass is 10.1. The maximum absolute atomic E-state index is 12.3. The van der Waals surface area contributed by atoms with Crippen molar-refractivity contribution in [3.63, 3.8) is 0 Å². The molecule has 4 aromatic heterocycles. The number of methoxy groups -OCH3 is 1. The fourth-order valence-corrected chi connectivity index (χ4v) is 3.35. The summed E-state index contributed by atoms with van der Waals surface area (Å²) in [6.07, 6.45) is 4.78. The van der Waals surface area contributed by atoms with Gasteiger partial charge in [-0.1, -0.05) is 6.07 Å². The second kappa shape index (κ2) is 7.31. The number of aryl methyl sites for hydroxylation is 1. The summed E-state index contributed by atoms with van der Waals surface area (Å²) in [5.41, 5.74) is 2.75. The summed E-state index contributed by atoms with van der Waals surface area (Å²) in [6, 6.07) is 7.32. The van der Waals surface area contributed by atoms with Crippen LogP contribution >= 0.6 is 0 Å². The number of H-pyrrole nitrogens is 1. The van der Waals surface area contributed by atoms with Crippen LogP contribution in [0.15, 0.2) is 36.8 Å². The van der Waals surface area contributed by atoms with E-state index in [0.29, 0.717) is 45.2 Å². The number of nitrogens with one attached hydrogen (secondary N) is 2. The van der Waals surface area contributed by atoms with Gasteiger partial charge in [-0.05, 0) is 31.0 Å². The highest BCUT2D eigenvalue weighted by atomic mass is 16.5. The number of hydrogen-bond donors (Lipinski definition) is 2. The van der Waals surface area contributed by atoms with Crippen LogP contribution in [0.5, 0.6) is 0 Å². The van der Waals surface area contributed by atoms with Gasteiger partial charge in [-0.3, -0.25) is 9.48 Å². The summed E-state index contributed by atoms with van der Waals surface area (Å²) in [4.78, 5) is 41.0. The minimum atomic E-state index is -0.512. The number of hydrogen-bond acceptors (Lipinski definition) is 7. The molecule has 31 heavy (non-hydrogen) atoms. The summed E-state index contributed by atoms with van der Waals surface area (Å²) in [5, 5.41) is 7.74. The number of ether oxygens (including phenoxy) is 1. The number of amides is 1. The molecule has 0 aliphatic heterocycles. The molecule has 1 aliphatic carbocycles. The molecular weight excluding hydrogens is 398 g/mol. The van der Waals surface area contributed by atoms with Gasteiger partial charge in [0.05, 0.1) is 29.6 Å². The van der Waals surface area contributed by atoms with Gasteiger partial charge in [0.2, 0.25) is 5.91 Å². The zero-order valence-electron chi connectivity index (χ0n) is 16.9. The van der Waals surface area contributed by atoms with Gasteiger partial charge in [-0.25, -0.2) is 19.7 Å². The highest BCUT2D eigenvalue weighted by Gasteiger charge is 2.30. The van der Waals surface area contributed by atoms with Gasteiger partial charge in [0.25, 0.3) is 0 Å². The molecule has 0 spiro atoms. The van der Waals surface area contributed by atoms with Gasteiger partial charge >= 0.3 is 5.97 Å². The Bertz CT molecular complexity index is 1320. The van der Waals surface area contributed by atoms with Crippen molar-refractivity contribution in [2.75, 3.05) is 12.4 Å². The van der Waals surface area contributed by atoms with E-state index in [4.69, 9.17) is 4.74 Å². The Kier molecular flexibility index (Phi) is 4.46. The molecular formula is C21H19N7O3. The van der Waals surface area contributed by atoms with Gasteiger partial charge < -0.3 is 15.0 Å². The molecule has 0 aromatic carbocycles. The van der Waals surface area contributed by atoms with E-state index in [2.05, 4.69) is 30.4 Å². The lowest BCUT2D eigenvalue weighted by molar-refractivity contribution is -0.117. The molecule has 2 N–H and O–H groups in total. The van der Waals surface area contributed by atoms with Gasteiger partial charge in [-0.15, -0.1) is 5.10 Å². The molecule has 1 fully saturated rings. The average molecular weight is 417 g/mol. The third-order valence-corrected chi connectivity index (χ3v) is 5.12. The van der Waals surface area contributed by atoms with Crippen molar-refractivity contribution in [1.29, 1.82) is 0 Å². The van der Waals surface area contributed by atoms with E-state index in [1.54, 1.807) is 24.1 Å². The molecule has 0 radical (unpaired) electrons. The number of carbonyl (C=O) groups excluding carboxylic acids is 2. The Morgan fingerprint density at radius 1 is 1.23 bits per heavy atom. The predicted octanol–water partition coefficient (Wildman–Crippen LogP) is 2.56. The van der Waals surface area contributed by atoms with E-state index in [1.807, 2.05) is 18.2 Å². The second-order valence-electron chi connectivity index (χ2n) is 7.40. The molecule has 1 aliphatic rings. The lowest BCUT2D eigenvalue weighted by Gasteiger charge is -2.07. The first kappa shape index (κ1) is 18.9. The van der Waals surface area contributed by atoms with Crippen LogP contribution in [0.4, 0.5) is 5.82 Å². The number of pyridine rings is 2. The Labute approximate surface area is 176 Å². The molecule has 0 bridgehead atoms. The molecule has 4 heterocycles. The number of fused-ring (bicyclic) bond motifs is 1. The molecule has 0 saturated heterocycles. The predicted molar refractivity (Wildman–Crippen MR) is 112 cm³/mol. The lowest BCUT2D eigenvalue weighted by Crippen LogP contribution is -2.15. The van der Waals surface area contributed by atoms with Crippen LogP contribution in [-0.2, 0) is 16.6 Å². The first-order valence-corrected chi connectivity index (χ1v) is 9.78. The van der Waals surface area contributed by atoms with Gasteiger partial charge in [0.1, 0.15) is 12.0 Å². The molecule has 156 valence electrons. The van der Waals surface area contributed by atoms with Crippen molar-refractivity contribution in [2.45, 2.75) is 12.8 Å². The third kappa shape index (κ3) is 3.52. The minimum Gasteiger partial charge on any atom is -0.465 e. The Morgan fingerprint density at radius 2 is 2.03 bits per heavy atom. The highest BCUT2D eigenvalue weighted by molar-refractivity contribution is 6.09. The van der Waals surface area contributed by atoms with Crippen molar-refractivity contribution in [1.82, 2.24) is 29.7 Å². The zero-order chi connectivity index (χ0) is 21.5. The van der Waals surface area contributed by atoms with Crippen LogP contribution in [0, 0.1) is 5.92 Å². The number of carbonyl (C=O) groups is 2. The molecule has 1 saturated carbocycles. The standard InChI is InChI=1S/C21H19N7O3/c1-28-10-23-18(27-28)15-5-3-4-14(24-15)16-8-12-13(21(30)31-2)9-22-19(17(12)25-16)26-20(29)11-6-7-11/h3-5,8-11,25H,6-7H2,1-2H3,(H,22,26,29). The van der Waals surface area contributed by atoms with Crippen LogP contribution in [0.25, 0.3) is 33.8 Å². The van der Waals surface area contributed by atoms with Gasteiger partial charge in [-0.2, -0.15) is 0 Å². The van der Waals surface area contributed by atoms with Crippen molar-refractivity contribution in [2.24, 2.45) is 13.0 Å². The molecule has 0 atom stereocenters. The first-order valence-electron chi connectivity index (χ1n) is 9.78. The van der Waals surface area contributed by atoms with Crippen molar-refractivity contribution in [3.8, 4) is 22.9 Å². The highest BCUT2D eigenvalue weighted by Crippen LogP contribution is 2.33. The second-order valence-corrected chi connectivity index (χ2v) is 7.40. The number of esters is 1. The minimum absolute atomic E-state index is 0.0239. The number of anilines is 1. The number of aromatic nitrogens is 6. The summed E-state index contributed by atoms with van der Waals surface area (Å²) in [5.74, 6) is 0.318. The van der Waals surface area contributed by atoms with Crippen LogP contribution in [0.3, 0.4) is 0 Å². The largest absolute Gasteiger partial charge is 0.465 e. The Hall–Kier alpha value is -4.08. The summed E-state index contributed by atoms with van der Waals surface area (Å²) < 4.78 is 6.50. The van der Waals surface area contributed by atoms with Crippen molar-refractivity contribution < 1.29 is 14.3 Å². The fraction of sp³-hybridized carbons (Fsp3) is 0.238. The van der Waals surface area contributed by atoms with Crippen LogP contribution < -0.4 is 5.32 Å². The van der Waals surface area contributed by atoms with Gasteiger partial charge in [0, 0.05) is 24.5 Å². The molecule has 4 aromatic rings. The van der Waals surface area contributed by atoms with E-state index in [9.17, 15) is 9.59 Å². The number of rotatable bonds is 5. The Morgan fingerprint density at radius 3 is 2.74 bits per heavy atom. The molecule has 1 amide bonds. The van der Waals surface area contributed by atoms with E-state index >= 15 is 0 Å². The first-order chi connectivity index (χ1) is 15.0. The molecule has 5 rings (SSSR count). The van der Waals surface area contributed by atoms with Crippen LogP contribution in [-0.4, -0.2) is 48.7 Å². The zero-order valence-corrected chi connectivity index (χ0v) is 16.9. The Balaban J connectivity index is 1.61. The van der Waals surface area contributed by atoms with Crippen LogP contribution in [0.2, 0.25) is 0 Å². The summed E-state index contributed by atoms with van der Waals surface area (Å²) in [7, 11) is 3.10. The van der Waals surface area contributed by atoms with Crippen molar-refractivity contribution >= 4 is 28.6 Å². The fourth-order valence-electron chi connectivity index (χ4n) is 3.35. The maximum Gasteiger partial charge on any atom is 0.340 e. The number of aromatic amines is 1. The topological polar surface area (TPSA) is 128 Å². The monoisotopic (exact) mass is 417 g/mol. The quantitative estimate of drug-likeness (QED) is 0.478. The molecule has 0 unspecified atom stereocenters. The third-order valence-electron chi connectivity index (χ3n) is 5.12. The normalized spacial score (nSPS) is 13.4. The smallest absolute Gasteiger partial charge is 0.340 e. The summed E-state index contributed by atoms with van der Waals surface area (Å²) >= 11 is 0.